The van der Waals surface area contributed by atoms with E-state index in [0.717, 1.165) is 24.4 Å². The highest BCUT2D eigenvalue weighted by Gasteiger charge is 2.19. The van der Waals surface area contributed by atoms with Crippen LogP contribution >= 0.6 is 11.6 Å². The van der Waals surface area contributed by atoms with Crippen LogP contribution in [0.3, 0.4) is 0 Å². The van der Waals surface area contributed by atoms with Crippen LogP contribution in [0, 0.1) is 25.2 Å². The normalized spacial score (nSPS) is 11.3. The second kappa shape index (κ2) is 8.79. The van der Waals surface area contributed by atoms with Gasteiger partial charge in [-0.3, -0.25) is 4.79 Å². The largest absolute Gasteiger partial charge is 0.503 e. The summed E-state index contributed by atoms with van der Waals surface area (Å²) in [6, 6.07) is 6.83. The first-order valence-corrected chi connectivity index (χ1v) is 9.20. The third kappa shape index (κ3) is 4.35. The molecule has 6 heteroatoms. The van der Waals surface area contributed by atoms with Crippen molar-refractivity contribution in [2.75, 3.05) is 6.61 Å². The van der Waals surface area contributed by atoms with E-state index in [2.05, 4.69) is 11.5 Å². The maximum atomic E-state index is 12.9. The SMILES string of the molecule is CCCn1c(C)cc(C(=O)/C(C#N)=C/c2cc(Cl)c(O)c(OCC)c2)c1C. The molecular formula is C21H23ClN2O3. The minimum absolute atomic E-state index is 0.00375. The second-order valence-corrected chi connectivity index (χ2v) is 6.63. The first kappa shape index (κ1) is 20.6. The summed E-state index contributed by atoms with van der Waals surface area (Å²) in [5, 5.41) is 19.6. The van der Waals surface area contributed by atoms with E-state index in [4.69, 9.17) is 16.3 Å². The van der Waals surface area contributed by atoms with Gasteiger partial charge in [0.05, 0.1) is 11.6 Å². The van der Waals surface area contributed by atoms with Gasteiger partial charge >= 0.3 is 0 Å². The Morgan fingerprint density at radius 2 is 2.04 bits per heavy atom. The van der Waals surface area contributed by atoms with E-state index in [-0.39, 0.29) is 27.9 Å². The molecule has 0 bridgehead atoms. The Morgan fingerprint density at radius 3 is 2.63 bits per heavy atom. The van der Waals surface area contributed by atoms with Crippen LogP contribution in [0.2, 0.25) is 5.02 Å². The molecule has 27 heavy (non-hydrogen) atoms. The van der Waals surface area contributed by atoms with Gasteiger partial charge in [-0.25, -0.2) is 0 Å². The van der Waals surface area contributed by atoms with Gasteiger partial charge in [-0.05, 0) is 57.0 Å². The summed E-state index contributed by atoms with van der Waals surface area (Å²) < 4.78 is 7.42. The Balaban J connectivity index is 2.47. The Kier molecular flexibility index (Phi) is 6.70. The molecule has 0 aliphatic rings. The average molecular weight is 387 g/mol. The highest BCUT2D eigenvalue weighted by atomic mass is 35.5. The van der Waals surface area contributed by atoms with Crippen LogP contribution in [0.4, 0.5) is 0 Å². The lowest BCUT2D eigenvalue weighted by Crippen LogP contribution is -2.06. The highest BCUT2D eigenvalue weighted by Crippen LogP contribution is 2.36. The number of nitrogens with zero attached hydrogens (tertiary/aromatic N) is 2. The van der Waals surface area contributed by atoms with Gasteiger partial charge in [0.1, 0.15) is 11.6 Å². The molecule has 0 saturated heterocycles. The smallest absolute Gasteiger partial charge is 0.205 e. The predicted molar refractivity (Wildman–Crippen MR) is 106 cm³/mol. The molecule has 5 nitrogen and oxygen atoms in total. The summed E-state index contributed by atoms with van der Waals surface area (Å²) in [4.78, 5) is 12.9. The van der Waals surface area contributed by atoms with Crippen molar-refractivity contribution < 1.29 is 14.6 Å². The van der Waals surface area contributed by atoms with Gasteiger partial charge in [0, 0.05) is 23.5 Å². The summed E-state index contributed by atoms with van der Waals surface area (Å²) in [6.07, 6.45) is 2.42. The Bertz CT molecular complexity index is 936. The van der Waals surface area contributed by atoms with Crippen molar-refractivity contribution in [1.82, 2.24) is 4.57 Å². The van der Waals surface area contributed by atoms with Gasteiger partial charge in [-0.2, -0.15) is 5.26 Å². The topological polar surface area (TPSA) is 75.2 Å². The van der Waals surface area contributed by atoms with E-state index >= 15 is 0 Å². The number of nitriles is 1. The quantitative estimate of drug-likeness (QED) is 0.410. The number of Topliss-reactive ketones (excluding diaryl/α,β-unsaturated/α-hetero) is 1. The van der Waals surface area contributed by atoms with E-state index in [1.807, 2.05) is 26.0 Å². The monoisotopic (exact) mass is 386 g/mol. The van der Waals surface area contributed by atoms with Gasteiger partial charge in [-0.1, -0.05) is 18.5 Å². The van der Waals surface area contributed by atoms with E-state index in [0.29, 0.717) is 17.7 Å². The zero-order valence-corrected chi connectivity index (χ0v) is 16.7. The van der Waals surface area contributed by atoms with Crippen LogP contribution in [0.25, 0.3) is 6.08 Å². The lowest BCUT2D eigenvalue weighted by atomic mass is 10.0. The number of aromatic hydroxyl groups is 1. The van der Waals surface area contributed by atoms with Crippen molar-refractivity contribution in [3.8, 4) is 17.6 Å². The fourth-order valence-electron chi connectivity index (χ4n) is 3.00. The number of phenolic OH excluding ortho intramolecular Hbond substituents is 1. The minimum atomic E-state index is -0.338. The molecule has 1 aromatic carbocycles. The van der Waals surface area contributed by atoms with Gasteiger partial charge in [0.25, 0.3) is 0 Å². The molecule has 0 radical (unpaired) electrons. The molecule has 1 aromatic heterocycles. The molecule has 142 valence electrons. The first-order valence-electron chi connectivity index (χ1n) is 8.82. The number of ether oxygens (including phenoxy) is 1. The zero-order valence-electron chi connectivity index (χ0n) is 16.0. The Morgan fingerprint density at radius 1 is 1.33 bits per heavy atom. The van der Waals surface area contributed by atoms with E-state index in [1.165, 1.54) is 12.1 Å². The molecule has 0 aliphatic heterocycles. The third-order valence-corrected chi connectivity index (χ3v) is 4.58. The molecule has 0 amide bonds. The lowest BCUT2D eigenvalue weighted by molar-refractivity contribution is 0.103. The molecule has 0 atom stereocenters. The molecule has 2 aromatic rings. The number of rotatable bonds is 7. The van der Waals surface area contributed by atoms with Crippen LogP contribution in [0.1, 0.15) is 47.6 Å². The number of carbonyl (C=O) groups is 1. The molecule has 2 rings (SSSR count). The van der Waals surface area contributed by atoms with Crippen LogP contribution in [-0.2, 0) is 6.54 Å². The highest BCUT2D eigenvalue weighted by molar-refractivity contribution is 6.32. The summed E-state index contributed by atoms with van der Waals surface area (Å²) >= 11 is 6.03. The van der Waals surface area contributed by atoms with E-state index in [1.54, 1.807) is 13.0 Å². The molecule has 0 saturated carbocycles. The van der Waals surface area contributed by atoms with Gasteiger partial charge < -0.3 is 14.4 Å². The number of allylic oxidation sites excluding steroid dienone is 1. The number of aryl methyl sites for hydroxylation is 1. The fraction of sp³-hybridized carbons (Fsp3) is 0.333. The lowest BCUT2D eigenvalue weighted by Gasteiger charge is -2.09. The van der Waals surface area contributed by atoms with Crippen LogP contribution in [0.5, 0.6) is 11.5 Å². The number of halogens is 1. The van der Waals surface area contributed by atoms with Gasteiger partial charge in [0.2, 0.25) is 5.78 Å². The number of carbonyl (C=O) groups excluding carboxylic acids is 1. The summed E-state index contributed by atoms with van der Waals surface area (Å²) in [5.41, 5.74) is 2.86. The maximum Gasteiger partial charge on any atom is 0.205 e. The van der Waals surface area contributed by atoms with Crippen molar-refractivity contribution in [3.63, 3.8) is 0 Å². The molecule has 0 unspecified atom stereocenters. The van der Waals surface area contributed by atoms with Crippen molar-refractivity contribution >= 4 is 23.5 Å². The number of phenols is 1. The number of ketones is 1. The first-order chi connectivity index (χ1) is 12.8. The van der Waals surface area contributed by atoms with Crippen molar-refractivity contribution in [3.05, 3.63) is 51.3 Å². The van der Waals surface area contributed by atoms with Crippen molar-refractivity contribution in [2.45, 2.75) is 40.7 Å². The van der Waals surface area contributed by atoms with Crippen molar-refractivity contribution in [1.29, 1.82) is 5.26 Å². The maximum absolute atomic E-state index is 12.9. The molecule has 0 aliphatic carbocycles. The van der Waals surface area contributed by atoms with Gasteiger partial charge in [-0.15, -0.1) is 0 Å². The number of aromatic nitrogens is 1. The molecule has 1 N–H and O–H groups in total. The van der Waals surface area contributed by atoms with Crippen LogP contribution < -0.4 is 4.74 Å². The van der Waals surface area contributed by atoms with E-state index in [9.17, 15) is 15.2 Å². The summed E-state index contributed by atoms with van der Waals surface area (Å²) in [5.74, 6) is -0.291. The third-order valence-electron chi connectivity index (χ3n) is 4.29. The average Bonchev–Trinajstić information content (AvgIpc) is 2.92. The molecule has 1 heterocycles. The van der Waals surface area contributed by atoms with Crippen LogP contribution in [-0.4, -0.2) is 22.1 Å². The molecule has 0 fully saturated rings. The summed E-state index contributed by atoms with van der Waals surface area (Å²) in [6.45, 7) is 8.86. The number of hydrogen-bond donors (Lipinski definition) is 1. The number of hydrogen-bond acceptors (Lipinski definition) is 4. The molecular weight excluding hydrogens is 364 g/mol. The van der Waals surface area contributed by atoms with E-state index < -0.39 is 0 Å². The predicted octanol–water partition coefficient (Wildman–Crippen LogP) is 5.06. The number of benzene rings is 1. The Labute approximate surface area is 164 Å². The van der Waals surface area contributed by atoms with Crippen molar-refractivity contribution in [2.24, 2.45) is 0 Å². The second-order valence-electron chi connectivity index (χ2n) is 6.22. The zero-order chi connectivity index (χ0) is 20.1. The fourth-order valence-corrected chi connectivity index (χ4v) is 3.22. The Hall–Kier alpha value is -2.71. The standard InChI is InChI=1S/C21H23ClN2O3/c1-5-7-24-13(3)8-17(14(24)4)20(25)16(12-23)9-15-10-18(22)21(26)19(11-15)27-6-2/h8-11,26H,5-7H2,1-4H3/b16-9+. The summed E-state index contributed by atoms with van der Waals surface area (Å²) in [7, 11) is 0. The van der Waals surface area contributed by atoms with Gasteiger partial charge in [0.15, 0.2) is 11.5 Å². The molecule has 0 spiro atoms. The minimum Gasteiger partial charge on any atom is -0.503 e. The van der Waals surface area contributed by atoms with Crippen LogP contribution in [0.15, 0.2) is 23.8 Å².